The van der Waals surface area contributed by atoms with Gasteiger partial charge in [-0.2, -0.15) is 13.2 Å². The van der Waals surface area contributed by atoms with Crippen molar-refractivity contribution < 1.29 is 32.0 Å². The molecule has 0 heterocycles. The predicted molar refractivity (Wildman–Crippen MR) is 83.4 cm³/mol. The summed E-state index contributed by atoms with van der Waals surface area (Å²) < 4.78 is 54.7. The second-order valence-electron chi connectivity index (χ2n) is 5.16. The Morgan fingerprint density at radius 2 is 1.88 bits per heavy atom. The fourth-order valence-corrected chi connectivity index (χ4v) is 2.09. The Bertz CT molecular complexity index is 824. The van der Waals surface area contributed by atoms with Crippen molar-refractivity contribution in [3.63, 3.8) is 0 Å². The lowest BCUT2D eigenvalue weighted by atomic mass is 10.1. The number of hydrogen-bond acceptors (Lipinski definition) is 4. The maximum absolute atomic E-state index is 13.4. The average Bonchev–Trinajstić information content (AvgIpc) is 2.53. The van der Waals surface area contributed by atoms with Crippen LogP contribution >= 0.6 is 0 Å². The van der Waals surface area contributed by atoms with E-state index in [4.69, 9.17) is 0 Å². The lowest BCUT2D eigenvalue weighted by molar-refractivity contribution is -0.385. The Balaban J connectivity index is 2.16. The van der Waals surface area contributed by atoms with Gasteiger partial charge in [-0.05, 0) is 12.1 Å². The van der Waals surface area contributed by atoms with Crippen LogP contribution in [-0.4, -0.2) is 23.6 Å². The highest BCUT2D eigenvalue weighted by molar-refractivity contribution is 5.94. The maximum atomic E-state index is 13.4. The van der Waals surface area contributed by atoms with Crippen LogP contribution in [0.4, 0.5) is 28.9 Å². The molecule has 0 spiro atoms. The number of nitrogens with one attached hydrogen (secondary N) is 1. The van der Waals surface area contributed by atoms with Gasteiger partial charge in [0.1, 0.15) is 11.6 Å². The molecule has 0 aliphatic heterocycles. The summed E-state index contributed by atoms with van der Waals surface area (Å²) in [5, 5.41) is 13.1. The molecule has 0 aromatic heterocycles. The molecular weight excluding hydrogens is 360 g/mol. The molecular formula is C16H12F4N2O4. The number of rotatable bonds is 6. The van der Waals surface area contributed by atoms with E-state index in [2.05, 4.69) is 10.1 Å². The molecule has 6 nitrogen and oxygen atoms in total. The van der Waals surface area contributed by atoms with Gasteiger partial charge in [0, 0.05) is 17.7 Å². The van der Waals surface area contributed by atoms with Crippen LogP contribution in [0.25, 0.3) is 0 Å². The molecule has 0 unspecified atom stereocenters. The number of alkyl halides is 3. The van der Waals surface area contributed by atoms with E-state index in [0.29, 0.717) is 0 Å². The Kier molecular flexibility index (Phi) is 5.75. The number of benzene rings is 2. The zero-order valence-corrected chi connectivity index (χ0v) is 13.0. The van der Waals surface area contributed by atoms with Gasteiger partial charge < -0.3 is 10.1 Å². The molecule has 10 heteroatoms. The summed E-state index contributed by atoms with van der Waals surface area (Å²) >= 11 is 0. The van der Waals surface area contributed by atoms with Crippen LogP contribution in [0.3, 0.4) is 0 Å². The number of para-hydroxylation sites is 1. The number of halogens is 4. The van der Waals surface area contributed by atoms with Gasteiger partial charge in [0.25, 0.3) is 5.69 Å². The van der Waals surface area contributed by atoms with Gasteiger partial charge >= 0.3 is 6.18 Å². The highest BCUT2D eigenvalue weighted by Crippen LogP contribution is 2.28. The first-order valence-electron chi connectivity index (χ1n) is 7.17. The van der Waals surface area contributed by atoms with Crippen molar-refractivity contribution in [2.75, 3.05) is 11.9 Å². The molecule has 0 saturated heterocycles. The van der Waals surface area contributed by atoms with Crippen LogP contribution in [-0.2, 0) is 11.2 Å². The maximum Gasteiger partial charge on any atom is 0.422 e. The standard InChI is InChI=1S/C16H12F4N2O4/c17-11-5-6-14(26-9-16(18,19)20)12(8-11)21-15(23)7-10-3-1-2-4-13(10)22(24)25/h1-6,8H,7,9H2,(H,21,23). The molecule has 0 aliphatic rings. The molecule has 0 bridgehead atoms. The van der Waals surface area contributed by atoms with E-state index in [1.165, 1.54) is 24.3 Å². The summed E-state index contributed by atoms with van der Waals surface area (Å²) in [6.45, 7) is -1.62. The van der Waals surface area contributed by atoms with E-state index in [1.807, 2.05) is 0 Å². The largest absolute Gasteiger partial charge is 0.482 e. The number of nitro benzene ring substituents is 1. The van der Waals surface area contributed by atoms with Gasteiger partial charge in [0.2, 0.25) is 5.91 Å². The lowest BCUT2D eigenvalue weighted by Crippen LogP contribution is -2.21. The van der Waals surface area contributed by atoms with Crippen molar-refractivity contribution in [2.24, 2.45) is 0 Å². The fourth-order valence-electron chi connectivity index (χ4n) is 2.09. The van der Waals surface area contributed by atoms with Crippen LogP contribution < -0.4 is 10.1 Å². The minimum absolute atomic E-state index is 0.101. The molecule has 0 atom stereocenters. The van der Waals surface area contributed by atoms with Gasteiger partial charge in [-0.3, -0.25) is 14.9 Å². The molecule has 0 radical (unpaired) electrons. The molecule has 26 heavy (non-hydrogen) atoms. The number of nitrogens with zero attached hydrogens (tertiary/aromatic N) is 1. The fraction of sp³-hybridized carbons (Fsp3) is 0.188. The van der Waals surface area contributed by atoms with E-state index in [9.17, 15) is 32.5 Å². The number of carbonyl (C=O) groups is 1. The Morgan fingerprint density at radius 3 is 2.54 bits per heavy atom. The van der Waals surface area contributed by atoms with Crippen LogP contribution in [0.5, 0.6) is 5.75 Å². The van der Waals surface area contributed by atoms with Crippen LogP contribution in [0.15, 0.2) is 42.5 Å². The molecule has 138 valence electrons. The molecule has 1 N–H and O–H groups in total. The quantitative estimate of drug-likeness (QED) is 0.474. The summed E-state index contributed by atoms with van der Waals surface area (Å²) in [7, 11) is 0. The molecule has 0 aliphatic carbocycles. The van der Waals surface area contributed by atoms with E-state index in [-0.39, 0.29) is 22.7 Å². The Morgan fingerprint density at radius 1 is 1.19 bits per heavy atom. The van der Waals surface area contributed by atoms with E-state index < -0.39 is 35.9 Å². The first kappa shape index (κ1) is 19.2. The van der Waals surface area contributed by atoms with E-state index in [1.54, 1.807) is 0 Å². The third kappa shape index (κ3) is 5.43. The normalized spacial score (nSPS) is 11.1. The van der Waals surface area contributed by atoms with Gasteiger partial charge in [-0.15, -0.1) is 0 Å². The number of ether oxygens (including phenoxy) is 1. The van der Waals surface area contributed by atoms with Gasteiger partial charge in [-0.1, -0.05) is 18.2 Å². The molecule has 2 rings (SSSR count). The zero-order chi connectivity index (χ0) is 19.3. The van der Waals surface area contributed by atoms with E-state index >= 15 is 0 Å². The molecule has 2 aromatic rings. The molecule has 1 amide bonds. The van der Waals surface area contributed by atoms with Crippen molar-refractivity contribution in [1.82, 2.24) is 0 Å². The predicted octanol–water partition coefficient (Wildman–Crippen LogP) is 3.86. The van der Waals surface area contributed by atoms with Gasteiger partial charge in [-0.25, -0.2) is 4.39 Å². The number of nitro groups is 1. The summed E-state index contributed by atoms with van der Waals surface area (Å²) in [4.78, 5) is 22.4. The summed E-state index contributed by atoms with van der Waals surface area (Å²) in [6.07, 6.45) is -5.04. The highest BCUT2D eigenvalue weighted by Gasteiger charge is 2.29. The van der Waals surface area contributed by atoms with E-state index in [0.717, 1.165) is 18.2 Å². The van der Waals surface area contributed by atoms with Crippen molar-refractivity contribution in [1.29, 1.82) is 0 Å². The number of carbonyl (C=O) groups excluding carboxylic acids is 1. The summed E-state index contributed by atoms with van der Waals surface area (Å²) in [5.74, 6) is -1.95. The summed E-state index contributed by atoms with van der Waals surface area (Å²) in [6, 6.07) is 8.12. The second-order valence-corrected chi connectivity index (χ2v) is 5.16. The first-order chi connectivity index (χ1) is 12.2. The summed E-state index contributed by atoms with van der Waals surface area (Å²) in [5.41, 5.74) is -0.488. The number of hydrogen-bond donors (Lipinski definition) is 1. The van der Waals surface area contributed by atoms with Crippen molar-refractivity contribution in [2.45, 2.75) is 12.6 Å². The third-order valence-corrected chi connectivity index (χ3v) is 3.15. The highest BCUT2D eigenvalue weighted by atomic mass is 19.4. The molecule has 0 fully saturated rings. The van der Waals surface area contributed by atoms with Crippen molar-refractivity contribution in [3.05, 3.63) is 64.0 Å². The topological polar surface area (TPSA) is 81.5 Å². The van der Waals surface area contributed by atoms with Crippen LogP contribution in [0.2, 0.25) is 0 Å². The average molecular weight is 372 g/mol. The number of amides is 1. The van der Waals surface area contributed by atoms with Crippen molar-refractivity contribution in [3.8, 4) is 5.75 Å². The minimum Gasteiger partial charge on any atom is -0.482 e. The SMILES string of the molecule is O=C(Cc1ccccc1[N+](=O)[O-])Nc1cc(F)ccc1OCC(F)(F)F. The minimum atomic E-state index is -4.61. The third-order valence-electron chi connectivity index (χ3n) is 3.15. The van der Waals surface area contributed by atoms with Gasteiger partial charge in [0.15, 0.2) is 6.61 Å². The van der Waals surface area contributed by atoms with Crippen molar-refractivity contribution >= 4 is 17.3 Å². The molecule has 0 saturated carbocycles. The van der Waals surface area contributed by atoms with Crippen LogP contribution in [0, 0.1) is 15.9 Å². The Hall–Kier alpha value is -3.17. The zero-order valence-electron chi connectivity index (χ0n) is 13.0. The van der Waals surface area contributed by atoms with Crippen LogP contribution in [0.1, 0.15) is 5.56 Å². The second kappa shape index (κ2) is 7.81. The van der Waals surface area contributed by atoms with Gasteiger partial charge in [0.05, 0.1) is 17.0 Å². The first-order valence-corrected chi connectivity index (χ1v) is 7.17. The smallest absolute Gasteiger partial charge is 0.422 e. The monoisotopic (exact) mass is 372 g/mol. The lowest BCUT2D eigenvalue weighted by Gasteiger charge is -2.14. The molecule has 2 aromatic carbocycles. The Labute approximate surface area is 144 Å². The number of anilines is 1.